The van der Waals surface area contributed by atoms with Crippen LogP contribution < -0.4 is 5.32 Å². The fourth-order valence-electron chi connectivity index (χ4n) is 1.64. The Kier molecular flexibility index (Phi) is 5.71. The van der Waals surface area contributed by atoms with Gasteiger partial charge >= 0.3 is 0 Å². The number of nitrogens with one attached hydrogen (secondary N) is 1. The minimum atomic E-state index is -0.0646. The lowest BCUT2D eigenvalue weighted by atomic mass is 10.3. The van der Waals surface area contributed by atoms with Crippen LogP contribution in [-0.4, -0.2) is 30.6 Å². The predicted molar refractivity (Wildman–Crippen MR) is 82.2 cm³/mol. The van der Waals surface area contributed by atoms with E-state index in [0.717, 1.165) is 22.0 Å². The van der Waals surface area contributed by atoms with Crippen molar-refractivity contribution in [3.8, 4) is 10.8 Å². The van der Waals surface area contributed by atoms with E-state index in [1.54, 1.807) is 6.26 Å². The Balaban J connectivity index is 1.72. The Morgan fingerprint density at radius 1 is 1.57 bits per heavy atom. The molecule has 0 aliphatic rings. The van der Waals surface area contributed by atoms with E-state index in [9.17, 15) is 4.79 Å². The van der Waals surface area contributed by atoms with Crippen LogP contribution in [0.2, 0.25) is 0 Å². The highest BCUT2D eigenvalue weighted by atomic mass is 32.1. The number of furan rings is 1. The summed E-state index contributed by atoms with van der Waals surface area (Å²) in [6, 6.07) is 3.66. The monoisotopic (exact) mass is 306 g/mol. The lowest BCUT2D eigenvalue weighted by Gasteiger charge is -2.05. The van der Waals surface area contributed by atoms with Gasteiger partial charge in [-0.15, -0.1) is 11.3 Å². The molecule has 0 atom stereocenters. The van der Waals surface area contributed by atoms with Crippen molar-refractivity contribution in [1.29, 1.82) is 0 Å². The Bertz CT molecular complexity index is 590. The third-order valence-corrected chi connectivity index (χ3v) is 3.45. The first-order chi connectivity index (χ1) is 10.1. The second kappa shape index (κ2) is 7.75. The van der Waals surface area contributed by atoms with E-state index in [4.69, 9.17) is 9.15 Å². The average molecular weight is 306 g/mol. The van der Waals surface area contributed by atoms with E-state index in [1.807, 2.05) is 24.4 Å². The third kappa shape index (κ3) is 5.17. The first-order valence-electron chi connectivity index (χ1n) is 6.62. The van der Waals surface area contributed by atoms with E-state index in [2.05, 4.69) is 16.9 Å². The normalized spacial score (nSPS) is 10.5. The van der Waals surface area contributed by atoms with E-state index in [-0.39, 0.29) is 12.3 Å². The second-order valence-corrected chi connectivity index (χ2v) is 5.52. The lowest BCUT2D eigenvalue weighted by molar-refractivity contribution is -0.120. The molecule has 1 amide bonds. The van der Waals surface area contributed by atoms with Gasteiger partial charge in [0.25, 0.3) is 0 Å². The molecule has 2 heterocycles. The van der Waals surface area contributed by atoms with Gasteiger partial charge < -0.3 is 14.5 Å². The smallest absolute Gasteiger partial charge is 0.226 e. The van der Waals surface area contributed by atoms with Crippen molar-refractivity contribution in [3.63, 3.8) is 0 Å². The molecule has 5 nitrogen and oxygen atoms in total. The first-order valence-corrected chi connectivity index (χ1v) is 7.50. The Morgan fingerprint density at radius 2 is 2.43 bits per heavy atom. The van der Waals surface area contributed by atoms with Crippen LogP contribution in [0.3, 0.4) is 0 Å². The largest absolute Gasteiger partial charge is 0.462 e. The SMILES string of the molecule is C=C(C)COCCNC(=O)Cc1csc(-c2ccco2)n1. The maximum absolute atomic E-state index is 11.8. The summed E-state index contributed by atoms with van der Waals surface area (Å²) in [5.41, 5.74) is 1.71. The van der Waals surface area contributed by atoms with Gasteiger partial charge in [0.1, 0.15) is 0 Å². The van der Waals surface area contributed by atoms with E-state index in [1.165, 1.54) is 11.3 Å². The number of hydrogen-bond acceptors (Lipinski definition) is 5. The van der Waals surface area contributed by atoms with Crippen LogP contribution in [0.1, 0.15) is 12.6 Å². The lowest BCUT2D eigenvalue weighted by Crippen LogP contribution is -2.28. The molecular weight excluding hydrogens is 288 g/mol. The molecule has 0 unspecified atom stereocenters. The number of nitrogens with zero attached hydrogens (tertiary/aromatic N) is 1. The van der Waals surface area contributed by atoms with E-state index in [0.29, 0.717) is 19.8 Å². The number of hydrogen-bond donors (Lipinski definition) is 1. The number of carbonyl (C=O) groups excluding carboxylic acids is 1. The molecule has 0 radical (unpaired) electrons. The van der Waals surface area contributed by atoms with Crippen LogP contribution in [0.25, 0.3) is 10.8 Å². The van der Waals surface area contributed by atoms with Crippen molar-refractivity contribution in [2.75, 3.05) is 19.8 Å². The van der Waals surface area contributed by atoms with Gasteiger partial charge in [-0.05, 0) is 19.1 Å². The van der Waals surface area contributed by atoms with Gasteiger partial charge in [-0.2, -0.15) is 0 Å². The number of thiazole rings is 1. The Morgan fingerprint density at radius 3 is 3.14 bits per heavy atom. The highest BCUT2D eigenvalue weighted by Gasteiger charge is 2.10. The third-order valence-electron chi connectivity index (χ3n) is 2.54. The quantitative estimate of drug-likeness (QED) is 0.601. The summed E-state index contributed by atoms with van der Waals surface area (Å²) in [6.45, 7) is 7.13. The zero-order valence-corrected chi connectivity index (χ0v) is 12.7. The predicted octanol–water partition coefficient (Wildman–Crippen LogP) is 2.65. The fourth-order valence-corrected chi connectivity index (χ4v) is 2.42. The first kappa shape index (κ1) is 15.5. The maximum Gasteiger partial charge on any atom is 0.226 e. The topological polar surface area (TPSA) is 64.4 Å². The summed E-state index contributed by atoms with van der Waals surface area (Å²) in [5.74, 6) is 0.657. The summed E-state index contributed by atoms with van der Waals surface area (Å²) >= 11 is 1.47. The van der Waals surface area contributed by atoms with Crippen molar-refractivity contribution in [1.82, 2.24) is 10.3 Å². The molecule has 0 fully saturated rings. The summed E-state index contributed by atoms with van der Waals surface area (Å²) < 4.78 is 10.6. The molecule has 0 saturated carbocycles. The highest BCUT2D eigenvalue weighted by Crippen LogP contribution is 2.23. The van der Waals surface area contributed by atoms with Crippen LogP contribution in [0, 0.1) is 0 Å². The molecule has 0 aliphatic heterocycles. The number of amides is 1. The highest BCUT2D eigenvalue weighted by molar-refractivity contribution is 7.13. The molecular formula is C15H18N2O3S. The number of rotatable bonds is 8. The van der Waals surface area contributed by atoms with Crippen molar-refractivity contribution in [2.24, 2.45) is 0 Å². The molecule has 0 bridgehead atoms. The van der Waals surface area contributed by atoms with Gasteiger partial charge in [0.2, 0.25) is 5.91 Å². The van der Waals surface area contributed by atoms with Crippen molar-refractivity contribution >= 4 is 17.2 Å². The molecule has 0 saturated heterocycles. The van der Waals surface area contributed by atoms with Crippen molar-refractivity contribution < 1.29 is 13.9 Å². The molecule has 6 heteroatoms. The fraction of sp³-hybridized carbons (Fsp3) is 0.333. The Hall–Kier alpha value is -1.92. The van der Waals surface area contributed by atoms with Crippen molar-refractivity contribution in [3.05, 3.63) is 41.6 Å². The maximum atomic E-state index is 11.8. The van der Waals surface area contributed by atoms with Crippen molar-refractivity contribution in [2.45, 2.75) is 13.3 Å². The van der Waals surface area contributed by atoms with Crippen LogP contribution in [0.4, 0.5) is 0 Å². The molecule has 0 aliphatic carbocycles. The average Bonchev–Trinajstić information content (AvgIpc) is 3.08. The molecule has 21 heavy (non-hydrogen) atoms. The van der Waals surface area contributed by atoms with Gasteiger partial charge in [-0.3, -0.25) is 4.79 Å². The van der Waals surface area contributed by atoms with Crippen LogP contribution in [0.15, 0.2) is 40.3 Å². The van der Waals surface area contributed by atoms with Gasteiger partial charge in [0.05, 0.1) is 31.6 Å². The Labute approximate surface area is 127 Å². The molecule has 2 aromatic rings. The number of carbonyl (C=O) groups is 1. The van der Waals surface area contributed by atoms with Crippen LogP contribution in [0.5, 0.6) is 0 Å². The van der Waals surface area contributed by atoms with Crippen LogP contribution in [-0.2, 0) is 16.0 Å². The van der Waals surface area contributed by atoms with Gasteiger partial charge in [-0.1, -0.05) is 12.2 Å². The molecule has 112 valence electrons. The minimum absolute atomic E-state index is 0.0646. The standard InChI is InChI=1S/C15H18N2O3S/c1-11(2)9-19-7-5-16-14(18)8-12-10-21-15(17-12)13-4-3-6-20-13/h3-4,6,10H,1,5,7-9H2,2H3,(H,16,18). The number of ether oxygens (including phenoxy) is 1. The summed E-state index contributed by atoms with van der Waals surface area (Å²) in [6.07, 6.45) is 1.87. The van der Waals surface area contributed by atoms with Gasteiger partial charge in [0, 0.05) is 11.9 Å². The summed E-state index contributed by atoms with van der Waals surface area (Å²) in [4.78, 5) is 16.1. The summed E-state index contributed by atoms with van der Waals surface area (Å²) in [5, 5.41) is 5.45. The van der Waals surface area contributed by atoms with E-state index >= 15 is 0 Å². The zero-order chi connectivity index (χ0) is 15.1. The molecule has 1 N–H and O–H groups in total. The zero-order valence-electron chi connectivity index (χ0n) is 11.9. The molecule has 2 aromatic heterocycles. The summed E-state index contributed by atoms with van der Waals surface area (Å²) in [7, 11) is 0. The molecule has 0 aromatic carbocycles. The molecule has 2 rings (SSSR count). The number of aromatic nitrogens is 1. The minimum Gasteiger partial charge on any atom is -0.462 e. The second-order valence-electron chi connectivity index (χ2n) is 4.66. The van der Waals surface area contributed by atoms with Crippen LogP contribution >= 0.6 is 11.3 Å². The van der Waals surface area contributed by atoms with Gasteiger partial charge in [0.15, 0.2) is 10.8 Å². The van der Waals surface area contributed by atoms with E-state index < -0.39 is 0 Å². The van der Waals surface area contributed by atoms with Gasteiger partial charge in [-0.25, -0.2) is 4.98 Å². The molecule has 0 spiro atoms.